The van der Waals surface area contributed by atoms with Crippen molar-refractivity contribution in [2.24, 2.45) is 5.92 Å². The van der Waals surface area contributed by atoms with E-state index in [0.717, 1.165) is 24.0 Å². The number of rotatable bonds is 7. The van der Waals surface area contributed by atoms with Gasteiger partial charge in [0.2, 0.25) is 0 Å². The molecule has 2 amide bonds. The van der Waals surface area contributed by atoms with Gasteiger partial charge in [0, 0.05) is 31.9 Å². The lowest BCUT2D eigenvalue weighted by Gasteiger charge is -2.33. The number of hydrogen-bond donors (Lipinski definition) is 2. The van der Waals surface area contributed by atoms with Crippen LogP contribution in [0.5, 0.6) is 0 Å². The van der Waals surface area contributed by atoms with Crippen LogP contribution in [-0.4, -0.2) is 63.6 Å². The van der Waals surface area contributed by atoms with Gasteiger partial charge in [0.1, 0.15) is 6.10 Å². The maximum atomic E-state index is 12.7. The van der Waals surface area contributed by atoms with Crippen LogP contribution < -0.4 is 5.32 Å². The van der Waals surface area contributed by atoms with Gasteiger partial charge >= 0.3 is 12.2 Å². The van der Waals surface area contributed by atoms with Crippen molar-refractivity contribution < 1.29 is 36.2 Å². The van der Waals surface area contributed by atoms with Gasteiger partial charge in [0.25, 0.3) is 0 Å². The molecule has 1 aliphatic rings. The maximum Gasteiger partial charge on any atom is 0.416 e. The van der Waals surface area contributed by atoms with Crippen molar-refractivity contribution in [2.45, 2.75) is 23.6 Å². The number of carbonyl (C=O) groups excluding carboxylic acids is 1. The number of alkyl halides is 3. The standard InChI is InChI=1S/C23H27F3N2O5S/c1-34(31,32)20-8-4-18(5-9-20)21-14-28(10-11-33-21)22(30)27-13-17(15-29)12-16-2-6-19(7-3-16)23(24,25)26/h2-9,17,21,29H,10-15H2,1H3,(H,27,30). The highest BCUT2D eigenvalue weighted by atomic mass is 32.2. The molecular formula is C23H27F3N2O5S. The van der Waals surface area contributed by atoms with Crippen LogP contribution in [0.15, 0.2) is 53.4 Å². The molecule has 3 rings (SSSR count). The third-order valence-corrected chi connectivity index (χ3v) is 6.77. The van der Waals surface area contributed by atoms with Gasteiger partial charge in [0.05, 0.1) is 23.6 Å². The van der Waals surface area contributed by atoms with Crippen LogP contribution in [0.25, 0.3) is 0 Å². The molecule has 2 atom stereocenters. The minimum Gasteiger partial charge on any atom is -0.396 e. The number of ether oxygens (including phenoxy) is 1. The third kappa shape index (κ3) is 6.94. The number of sulfone groups is 1. The third-order valence-electron chi connectivity index (χ3n) is 5.64. The maximum absolute atomic E-state index is 12.7. The zero-order chi connectivity index (χ0) is 24.9. The molecule has 0 radical (unpaired) electrons. The van der Waals surface area contributed by atoms with E-state index in [9.17, 15) is 31.5 Å². The van der Waals surface area contributed by atoms with Crippen LogP contribution in [0.3, 0.4) is 0 Å². The summed E-state index contributed by atoms with van der Waals surface area (Å²) in [7, 11) is -3.31. The number of amides is 2. The molecule has 34 heavy (non-hydrogen) atoms. The topological polar surface area (TPSA) is 95.9 Å². The number of nitrogens with zero attached hydrogens (tertiary/aromatic N) is 1. The zero-order valence-corrected chi connectivity index (χ0v) is 19.4. The van der Waals surface area contributed by atoms with Crippen molar-refractivity contribution in [3.63, 3.8) is 0 Å². The first-order chi connectivity index (χ1) is 16.0. The number of benzene rings is 2. The van der Waals surface area contributed by atoms with E-state index < -0.39 is 27.7 Å². The Bertz CT molecular complexity index is 1070. The molecule has 0 saturated carbocycles. The summed E-state index contributed by atoms with van der Waals surface area (Å²) in [5, 5.41) is 12.4. The Hall–Kier alpha value is -2.63. The Morgan fingerprint density at radius 3 is 2.38 bits per heavy atom. The molecule has 0 aromatic heterocycles. The highest BCUT2D eigenvalue weighted by Gasteiger charge is 2.30. The Labute approximate surface area is 196 Å². The Kier molecular flexibility index (Phi) is 8.21. The summed E-state index contributed by atoms with van der Waals surface area (Å²) in [4.78, 5) is 14.4. The minimum absolute atomic E-state index is 0.154. The Morgan fingerprint density at radius 2 is 1.82 bits per heavy atom. The molecule has 1 heterocycles. The first-order valence-corrected chi connectivity index (χ1v) is 12.6. The van der Waals surface area contributed by atoms with Crippen molar-refractivity contribution in [3.05, 3.63) is 65.2 Å². The molecule has 11 heteroatoms. The number of urea groups is 1. The molecule has 2 aromatic carbocycles. The molecule has 0 bridgehead atoms. The summed E-state index contributed by atoms with van der Waals surface area (Å²) in [5.74, 6) is -0.360. The molecule has 2 unspecified atom stereocenters. The van der Waals surface area contributed by atoms with Crippen molar-refractivity contribution in [2.75, 3.05) is 39.1 Å². The molecule has 7 nitrogen and oxygen atoms in total. The number of carbonyl (C=O) groups is 1. The van der Waals surface area contributed by atoms with E-state index in [0.29, 0.717) is 25.1 Å². The van der Waals surface area contributed by atoms with Crippen LogP contribution in [0, 0.1) is 5.92 Å². The van der Waals surface area contributed by atoms with Crippen LogP contribution >= 0.6 is 0 Å². The lowest BCUT2D eigenvalue weighted by Crippen LogP contribution is -2.48. The number of morpholine rings is 1. The van der Waals surface area contributed by atoms with Gasteiger partial charge in [0.15, 0.2) is 9.84 Å². The molecule has 1 fully saturated rings. The Balaban J connectivity index is 1.54. The second-order valence-corrected chi connectivity index (χ2v) is 10.3. The van der Waals surface area contributed by atoms with Crippen molar-refractivity contribution in [3.8, 4) is 0 Å². The second-order valence-electron chi connectivity index (χ2n) is 8.28. The normalized spacial score (nSPS) is 17.9. The largest absolute Gasteiger partial charge is 0.416 e. The molecule has 186 valence electrons. The smallest absolute Gasteiger partial charge is 0.396 e. The quantitative estimate of drug-likeness (QED) is 0.609. The van der Waals surface area contributed by atoms with Gasteiger partial charge in [-0.3, -0.25) is 0 Å². The molecule has 1 aliphatic heterocycles. The van der Waals surface area contributed by atoms with E-state index in [4.69, 9.17) is 4.74 Å². The lowest BCUT2D eigenvalue weighted by atomic mass is 9.99. The second kappa shape index (κ2) is 10.7. The van der Waals surface area contributed by atoms with Crippen LogP contribution in [0.4, 0.5) is 18.0 Å². The van der Waals surface area contributed by atoms with Gasteiger partial charge < -0.3 is 20.1 Å². The predicted octanol–water partition coefficient (Wildman–Crippen LogP) is 3.04. The minimum atomic E-state index is -4.41. The molecule has 2 N–H and O–H groups in total. The summed E-state index contributed by atoms with van der Waals surface area (Å²) in [6.07, 6.45) is -3.38. The van der Waals surface area contributed by atoms with Crippen molar-refractivity contribution in [1.82, 2.24) is 10.2 Å². The monoisotopic (exact) mass is 500 g/mol. The molecule has 0 spiro atoms. The van der Waals surface area contributed by atoms with Gasteiger partial charge in [-0.05, 0) is 41.8 Å². The van der Waals surface area contributed by atoms with Gasteiger partial charge in [-0.2, -0.15) is 13.2 Å². The fraction of sp³-hybridized carbons (Fsp3) is 0.435. The van der Waals surface area contributed by atoms with E-state index in [1.807, 2.05) is 0 Å². The highest BCUT2D eigenvalue weighted by molar-refractivity contribution is 7.90. The van der Waals surface area contributed by atoms with E-state index in [1.54, 1.807) is 17.0 Å². The lowest BCUT2D eigenvalue weighted by molar-refractivity contribution is -0.137. The van der Waals surface area contributed by atoms with Gasteiger partial charge in [-0.25, -0.2) is 13.2 Å². The number of hydrogen-bond acceptors (Lipinski definition) is 5. The predicted molar refractivity (Wildman–Crippen MR) is 119 cm³/mol. The van der Waals surface area contributed by atoms with E-state index in [1.165, 1.54) is 24.3 Å². The van der Waals surface area contributed by atoms with Crippen LogP contribution in [0.2, 0.25) is 0 Å². The Morgan fingerprint density at radius 1 is 1.18 bits per heavy atom. The number of aliphatic hydroxyl groups excluding tert-OH is 1. The molecule has 0 aliphatic carbocycles. The number of aliphatic hydroxyl groups is 1. The van der Waals surface area contributed by atoms with Gasteiger partial charge in [-0.15, -0.1) is 0 Å². The first kappa shape index (κ1) is 26.0. The summed E-state index contributed by atoms with van der Waals surface area (Å²) in [6, 6.07) is 10.7. The molecule has 1 saturated heterocycles. The van der Waals surface area contributed by atoms with E-state index >= 15 is 0 Å². The van der Waals surface area contributed by atoms with E-state index in [2.05, 4.69) is 5.32 Å². The first-order valence-electron chi connectivity index (χ1n) is 10.7. The fourth-order valence-electron chi connectivity index (χ4n) is 3.67. The fourth-order valence-corrected chi connectivity index (χ4v) is 4.30. The molecular weight excluding hydrogens is 473 g/mol. The SMILES string of the molecule is CS(=O)(=O)c1ccc(C2CN(C(=O)NCC(CO)Cc3ccc(C(F)(F)F)cc3)CCO2)cc1. The summed E-state index contributed by atoms with van der Waals surface area (Å²) in [5.41, 5.74) is 0.642. The summed E-state index contributed by atoms with van der Waals surface area (Å²) < 4.78 is 67.1. The molecule has 2 aromatic rings. The van der Waals surface area contributed by atoms with Crippen LogP contribution in [-0.2, 0) is 27.2 Å². The van der Waals surface area contributed by atoms with Crippen molar-refractivity contribution in [1.29, 1.82) is 0 Å². The van der Waals surface area contributed by atoms with Crippen LogP contribution in [0.1, 0.15) is 22.8 Å². The van der Waals surface area contributed by atoms with Crippen molar-refractivity contribution >= 4 is 15.9 Å². The van der Waals surface area contributed by atoms with Gasteiger partial charge in [-0.1, -0.05) is 24.3 Å². The number of nitrogens with one attached hydrogen (secondary N) is 1. The zero-order valence-electron chi connectivity index (χ0n) is 18.6. The van der Waals surface area contributed by atoms with E-state index in [-0.39, 0.29) is 36.5 Å². The summed E-state index contributed by atoms with van der Waals surface area (Å²) >= 11 is 0. The highest BCUT2D eigenvalue weighted by Crippen LogP contribution is 2.29. The number of halogens is 3. The summed E-state index contributed by atoms with van der Waals surface area (Å²) in [6.45, 7) is 0.862. The average Bonchev–Trinajstić information content (AvgIpc) is 2.81. The average molecular weight is 501 g/mol.